The van der Waals surface area contributed by atoms with Gasteiger partial charge in [0.1, 0.15) is 0 Å². The standard InChI is InChI=1S/C19H24N2OS/c1-14-13-16(15(2)23-14)19(22)20-17-9-5-6-10-18(17)21-11-7-3-4-8-12-21/h5-6,9-10,13H,3-4,7-8,11-12H2,1-2H3,(H,20,22). The average molecular weight is 328 g/mol. The normalized spacial score (nSPS) is 15.3. The molecule has 0 bridgehead atoms. The summed E-state index contributed by atoms with van der Waals surface area (Å²) in [5, 5.41) is 3.12. The Balaban J connectivity index is 1.82. The van der Waals surface area contributed by atoms with Crippen LogP contribution in [0.5, 0.6) is 0 Å². The van der Waals surface area contributed by atoms with Gasteiger partial charge in [0.15, 0.2) is 0 Å². The summed E-state index contributed by atoms with van der Waals surface area (Å²) in [4.78, 5) is 17.3. The maximum atomic E-state index is 12.6. The molecule has 1 N–H and O–H groups in total. The molecule has 1 fully saturated rings. The van der Waals surface area contributed by atoms with Crippen LogP contribution in [0.2, 0.25) is 0 Å². The van der Waals surface area contributed by atoms with Gasteiger partial charge in [0.2, 0.25) is 0 Å². The van der Waals surface area contributed by atoms with Gasteiger partial charge < -0.3 is 10.2 Å². The Kier molecular flexibility index (Phi) is 5.01. The second kappa shape index (κ2) is 7.18. The Bertz CT molecular complexity index is 684. The minimum absolute atomic E-state index is 0.00544. The van der Waals surface area contributed by atoms with Crippen LogP contribution >= 0.6 is 11.3 Å². The van der Waals surface area contributed by atoms with E-state index in [0.717, 1.165) is 34.9 Å². The van der Waals surface area contributed by atoms with Crippen LogP contribution < -0.4 is 10.2 Å². The molecule has 3 nitrogen and oxygen atoms in total. The lowest BCUT2D eigenvalue weighted by Crippen LogP contribution is -2.25. The first-order valence-corrected chi connectivity index (χ1v) is 9.19. The molecule has 2 heterocycles. The zero-order valence-corrected chi connectivity index (χ0v) is 14.7. The van der Waals surface area contributed by atoms with Crippen molar-refractivity contribution in [3.8, 4) is 0 Å². The molecule has 3 rings (SSSR count). The molecule has 4 heteroatoms. The van der Waals surface area contributed by atoms with Crippen LogP contribution in [0.3, 0.4) is 0 Å². The molecule has 0 radical (unpaired) electrons. The lowest BCUT2D eigenvalue weighted by Gasteiger charge is -2.25. The zero-order chi connectivity index (χ0) is 16.2. The lowest BCUT2D eigenvalue weighted by atomic mass is 10.2. The summed E-state index contributed by atoms with van der Waals surface area (Å²) in [6, 6.07) is 10.1. The van der Waals surface area contributed by atoms with Crippen LogP contribution in [0, 0.1) is 13.8 Å². The fourth-order valence-electron chi connectivity index (χ4n) is 3.21. The third-order valence-electron chi connectivity index (χ3n) is 4.38. The van der Waals surface area contributed by atoms with Gasteiger partial charge in [-0.1, -0.05) is 25.0 Å². The van der Waals surface area contributed by atoms with Crippen molar-refractivity contribution in [1.29, 1.82) is 0 Å². The Morgan fingerprint density at radius 1 is 1.09 bits per heavy atom. The van der Waals surface area contributed by atoms with E-state index in [1.807, 2.05) is 32.0 Å². The minimum Gasteiger partial charge on any atom is -0.370 e. The second-order valence-electron chi connectivity index (χ2n) is 6.20. The molecule has 122 valence electrons. The highest BCUT2D eigenvalue weighted by Gasteiger charge is 2.17. The van der Waals surface area contributed by atoms with Crippen molar-refractivity contribution in [2.75, 3.05) is 23.3 Å². The van der Waals surface area contributed by atoms with Crippen LogP contribution in [0.15, 0.2) is 30.3 Å². The minimum atomic E-state index is -0.00544. The number of rotatable bonds is 3. The second-order valence-corrected chi connectivity index (χ2v) is 7.66. The maximum Gasteiger partial charge on any atom is 0.256 e. The van der Waals surface area contributed by atoms with E-state index in [1.54, 1.807) is 11.3 Å². The molecule has 1 aliphatic heterocycles. The van der Waals surface area contributed by atoms with E-state index in [2.05, 4.69) is 22.3 Å². The number of nitrogens with zero attached hydrogens (tertiary/aromatic N) is 1. The van der Waals surface area contributed by atoms with Crippen LogP contribution in [-0.4, -0.2) is 19.0 Å². The van der Waals surface area contributed by atoms with Gasteiger partial charge in [-0.25, -0.2) is 0 Å². The predicted molar refractivity (Wildman–Crippen MR) is 98.9 cm³/mol. The summed E-state index contributed by atoms with van der Waals surface area (Å²) in [6.07, 6.45) is 5.06. The van der Waals surface area contributed by atoms with Crippen molar-refractivity contribution in [2.45, 2.75) is 39.5 Å². The lowest BCUT2D eigenvalue weighted by molar-refractivity contribution is 0.102. The van der Waals surface area contributed by atoms with Crippen molar-refractivity contribution in [3.63, 3.8) is 0 Å². The van der Waals surface area contributed by atoms with E-state index in [0.29, 0.717) is 0 Å². The number of amides is 1. The first kappa shape index (κ1) is 16.1. The Morgan fingerprint density at radius 3 is 2.43 bits per heavy atom. The topological polar surface area (TPSA) is 32.3 Å². The van der Waals surface area contributed by atoms with Gasteiger partial charge in [0.05, 0.1) is 16.9 Å². The Morgan fingerprint density at radius 2 is 1.78 bits per heavy atom. The fourth-order valence-corrected chi connectivity index (χ4v) is 4.13. The first-order valence-electron chi connectivity index (χ1n) is 8.37. The third-order valence-corrected chi connectivity index (χ3v) is 5.35. The van der Waals surface area contributed by atoms with Crippen molar-refractivity contribution in [1.82, 2.24) is 0 Å². The smallest absolute Gasteiger partial charge is 0.256 e. The summed E-state index contributed by atoms with van der Waals surface area (Å²) in [5.74, 6) is -0.00544. The molecule has 1 saturated heterocycles. The number of carbonyl (C=O) groups is 1. The van der Waals surface area contributed by atoms with Crippen LogP contribution in [0.1, 0.15) is 45.8 Å². The van der Waals surface area contributed by atoms with Gasteiger partial charge in [0, 0.05) is 22.8 Å². The number of para-hydroxylation sites is 2. The summed E-state index contributed by atoms with van der Waals surface area (Å²) in [5.41, 5.74) is 2.85. The molecule has 0 aliphatic carbocycles. The average Bonchev–Trinajstić information content (AvgIpc) is 2.75. The number of thiophene rings is 1. The molecule has 0 unspecified atom stereocenters. The summed E-state index contributed by atoms with van der Waals surface area (Å²) in [6.45, 7) is 6.19. The van der Waals surface area contributed by atoms with Gasteiger partial charge in [-0.15, -0.1) is 11.3 Å². The molecule has 23 heavy (non-hydrogen) atoms. The van der Waals surface area contributed by atoms with Crippen LogP contribution in [0.25, 0.3) is 0 Å². The van der Waals surface area contributed by atoms with E-state index in [4.69, 9.17) is 0 Å². The summed E-state index contributed by atoms with van der Waals surface area (Å²) >= 11 is 1.67. The fraction of sp³-hybridized carbons (Fsp3) is 0.421. The molecular weight excluding hydrogens is 304 g/mol. The van der Waals surface area contributed by atoms with Crippen molar-refractivity contribution in [2.24, 2.45) is 0 Å². The quantitative estimate of drug-likeness (QED) is 0.860. The number of nitrogens with one attached hydrogen (secondary N) is 1. The zero-order valence-electron chi connectivity index (χ0n) is 13.9. The number of hydrogen-bond donors (Lipinski definition) is 1. The van der Waals surface area contributed by atoms with Gasteiger partial charge in [-0.05, 0) is 44.9 Å². The maximum absolute atomic E-state index is 12.6. The van der Waals surface area contributed by atoms with Gasteiger partial charge in [-0.3, -0.25) is 4.79 Å². The Labute approximate surface area is 142 Å². The molecule has 1 amide bonds. The van der Waals surface area contributed by atoms with Gasteiger partial charge in [-0.2, -0.15) is 0 Å². The number of carbonyl (C=O) groups excluding carboxylic acids is 1. The molecule has 1 aromatic carbocycles. The van der Waals surface area contributed by atoms with Gasteiger partial charge in [0.25, 0.3) is 5.91 Å². The first-order chi connectivity index (χ1) is 11.1. The van der Waals surface area contributed by atoms with Crippen molar-refractivity contribution >= 4 is 28.6 Å². The number of anilines is 2. The van der Waals surface area contributed by atoms with Gasteiger partial charge >= 0.3 is 0 Å². The molecule has 0 saturated carbocycles. The summed E-state index contributed by atoms with van der Waals surface area (Å²) < 4.78 is 0. The van der Waals surface area contributed by atoms with E-state index in [9.17, 15) is 4.79 Å². The molecule has 2 aromatic rings. The summed E-state index contributed by atoms with van der Waals surface area (Å²) in [7, 11) is 0. The molecule has 0 spiro atoms. The molecule has 1 aromatic heterocycles. The van der Waals surface area contributed by atoms with Crippen LogP contribution in [-0.2, 0) is 0 Å². The highest BCUT2D eigenvalue weighted by molar-refractivity contribution is 7.12. The highest BCUT2D eigenvalue weighted by Crippen LogP contribution is 2.29. The largest absolute Gasteiger partial charge is 0.370 e. The predicted octanol–water partition coefficient (Wildman–Crippen LogP) is 5.00. The van der Waals surface area contributed by atoms with Crippen molar-refractivity contribution in [3.05, 3.63) is 45.6 Å². The van der Waals surface area contributed by atoms with Crippen LogP contribution in [0.4, 0.5) is 11.4 Å². The molecular formula is C19H24N2OS. The Hall–Kier alpha value is -1.81. The number of benzene rings is 1. The van der Waals surface area contributed by atoms with E-state index in [1.165, 1.54) is 30.6 Å². The third kappa shape index (κ3) is 3.75. The highest BCUT2D eigenvalue weighted by atomic mass is 32.1. The SMILES string of the molecule is Cc1cc(C(=O)Nc2ccccc2N2CCCCCC2)c(C)s1. The molecule has 1 aliphatic rings. The monoisotopic (exact) mass is 328 g/mol. The van der Waals surface area contributed by atoms with Crippen molar-refractivity contribution < 1.29 is 4.79 Å². The number of aryl methyl sites for hydroxylation is 2. The van der Waals surface area contributed by atoms with E-state index >= 15 is 0 Å². The van der Waals surface area contributed by atoms with E-state index in [-0.39, 0.29) is 5.91 Å². The molecule has 0 atom stereocenters. The number of hydrogen-bond acceptors (Lipinski definition) is 3. The van der Waals surface area contributed by atoms with E-state index < -0.39 is 0 Å².